The zero-order valence-corrected chi connectivity index (χ0v) is 13.2. The molecule has 0 saturated heterocycles. The van der Waals surface area contributed by atoms with Crippen molar-refractivity contribution in [2.75, 3.05) is 0 Å². The van der Waals surface area contributed by atoms with Gasteiger partial charge in [0.2, 0.25) is 0 Å². The number of nitrogens with one attached hydrogen (secondary N) is 1. The maximum atomic E-state index is 3.93. The molecule has 0 heterocycles. The molecule has 1 heteroatoms. The van der Waals surface area contributed by atoms with Gasteiger partial charge in [0.15, 0.2) is 0 Å². The molecule has 3 rings (SSSR count). The van der Waals surface area contributed by atoms with Crippen LogP contribution in [0.15, 0.2) is 24.3 Å². The summed E-state index contributed by atoms with van der Waals surface area (Å²) in [5, 5.41) is 3.93. The molecule has 110 valence electrons. The lowest BCUT2D eigenvalue weighted by Crippen LogP contribution is -2.47. The number of hydrogen-bond donors (Lipinski definition) is 1. The van der Waals surface area contributed by atoms with E-state index < -0.39 is 0 Å². The van der Waals surface area contributed by atoms with Crippen LogP contribution in [0.5, 0.6) is 0 Å². The Morgan fingerprint density at radius 3 is 1.95 bits per heavy atom. The average molecular weight is 271 g/mol. The molecule has 0 spiro atoms. The fourth-order valence-corrected chi connectivity index (χ4v) is 4.28. The SMILES string of the molecule is Cc1ccc(C2CC(NC3CC(C)CC(C)C3)C2)cc1. The van der Waals surface area contributed by atoms with Gasteiger partial charge in [-0.25, -0.2) is 0 Å². The van der Waals surface area contributed by atoms with E-state index in [2.05, 4.69) is 50.4 Å². The van der Waals surface area contributed by atoms with Crippen LogP contribution in [0.3, 0.4) is 0 Å². The van der Waals surface area contributed by atoms with Gasteiger partial charge in [-0.2, -0.15) is 0 Å². The highest BCUT2D eigenvalue weighted by atomic mass is 15.0. The first-order chi connectivity index (χ1) is 9.60. The molecular formula is C19H29N. The number of benzene rings is 1. The van der Waals surface area contributed by atoms with Crippen LogP contribution in [0.2, 0.25) is 0 Å². The zero-order chi connectivity index (χ0) is 14.1. The Hall–Kier alpha value is -0.820. The molecule has 2 unspecified atom stereocenters. The highest BCUT2D eigenvalue weighted by Gasteiger charge is 2.33. The Labute approximate surface area is 124 Å². The predicted octanol–water partition coefficient (Wildman–Crippen LogP) is 4.66. The predicted molar refractivity (Wildman–Crippen MR) is 86.0 cm³/mol. The van der Waals surface area contributed by atoms with Crippen molar-refractivity contribution in [2.45, 2.75) is 70.9 Å². The number of aryl methyl sites for hydroxylation is 1. The maximum absolute atomic E-state index is 3.93. The summed E-state index contributed by atoms with van der Waals surface area (Å²) in [7, 11) is 0. The van der Waals surface area contributed by atoms with Crippen molar-refractivity contribution in [2.24, 2.45) is 11.8 Å². The Balaban J connectivity index is 1.47. The van der Waals surface area contributed by atoms with Crippen LogP contribution < -0.4 is 5.32 Å². The molecular weight excluding hydrogens is 242 g/mol. The monoisotopic (exact) mass is 271 g/mol. The van der Waals surface area contributed by atoms with Crippen molar-refractivity contribution in [3.8, 4) is 0 Å². The summed E-state index contributed by atoms with van der Waals surface area (Å²) in [6.45, 7) is 7.00. The van der Waals surface area contributed by atoms with E-state index in [4.69, 9.17) is 0 Å². The first-order valence-electron chi connectivity index (χ1n) is 8.42. The van der Waals surface area contributed by atoms with Crippen LogP contribution in [0.4, 0.5) is 0 Å². The molecule has 0 amide bonds. The largest absolute Gasteiger partial charge is 0.311 e. The van der Waals surface area contributed by atoms with Crippen molar-refractivity contribution in [3.63, 3.8) is 0 Å². The second-order valence-corrected chi connectivity index (χ2v) is 7.56. The normalized spacial score (nSPS) is 37.5. The summed E-state index contributed by atoms with van der Waals surface area (Å²) in [6, 6.07) is 10.7. The summed E-state index contributed by atoms with van der Waals surface area (Å²) in [5.74, 6) is 2.61. The second-order valence-electron chi connectivity index (χ2n) is 7.56. The lowest BCUT2D eigenvalue weighted by molar-refractivity contribution is 0.188. The molecule has 1 N–H and O–H groups in total. The summed E-state index contributed by atoms with van der Waals surface area (Å²) in [6.07, 6.45) is 6.87. The van der Waals surface area contributed by atoms with E-state index >= 15 is 0 Å². The number of rotatable bonds is 3. The Kier molecular flexibility index (Phi) is 4.16. The van der Waals surface area contributed by atoms with Gasteiger partial charge < -0.3 is 5.32 Å². The smallest absolute Gasteiger partial charge is 0.00813 e. The van der Waals surface area contributed by atoms with E-state index in [1.165, 1.54) is 37.7 Å². The molecule has 1 aromatic rings. The van der Waals surface area contributed by atoms with Crippen molar-refractivity contribution >= 4 is 0 Å². The van der Waals surface area contributed by atoms with Crippen molar-refractivity contribution in [3.05, 3.63) is 35.4 Å². The molecule has 1 aromatic carbocycles. The molecule has 0 aromatic heterocycles. The van der Waals surface area contributed by atoms with Gasteiger partial charge in [-0.05, 0) is 62.3 Å². The third kappa shape index (κ3) is 3.25. The zero-order valence-electron chi connectivity index (χ0n) is 13.2. The number of hydrogen-bond acceptors (Lipinski definition) is 1. The van der Waals surface area contributed by atoms with E-state index in [1.807, 2.05) is 0 Å². The van der Waals surface area contributed by atoms with Crippen LogP contribution in [-0.2, 0) is 0 Å². The van der Waals surface area contributed by atoms with E-state index in [-0.39, 0.29) is 0 Å². The summed E-state index contributed by atoms with van der Waals surface area (Å²) in [5.41, 5.74) is 2.91. The molecule has 1 nitrogen and oxygen atoms in total. The molecule has 0 aliphatic heterocycles. The highest BCUT2D eigenvalue weighted by molar-refractivity contribution is 5.26. The summed E-state index contributed by atoms with van der Waals surface area (Å²) < 4.78 is 0. The van der Waals surface area contributed by atoms with Crippen molar-refractivity contribution in [1.29, 1.82) is 0 Å². The third-order valence-electron chi connectivity index (χ3n) is 5.34. The molecule has 2 aliphatic rings. The Morgan fingerprint density at radius 2 is 1.35 bits per heavy atom. The maximum Gasteiger partial charge on any atom is 0.00813 e. The van der Waals surface area contributed by atoms with E-state index in [9.17, 15) is 0 Å². The van der Waals surface area contributed by atoms with Gasteiger partial charge in [0.05, 0.1) is 0 Å². The van der Waals surface area contributed by atoms with Crippen LogP contribution in [0.1, 0.15) is 63.0 Å². The summed E-state index contributed by atoms with van der Waals surface area (Å²) >= 11 is 0. The minimum absolute atomic E-state index is 0.767. The Bertz CT molecular complexity index is 420. The first-order valence-corrected chi connectivity index (χ1v) is 8.42. The van der Waals surface area contributed by atoms with E-state index in [0.717, 1.165) is 29.8 Å². The van der Waals surface area contributed by atoms with Gasteiger partial charge in [-0.1, -0.05) is 43.7 Å². The lowest BCUT2D eigenvalue weighted by Gasteiger charge is -2.41. The van der Waals surface area contributed by atoms with Gasteiger partial charge in [0.25, 0.3) is 0 Å². The van der Waals surface area contributed by atoms with Crippen molar-refractivity contribution in [1.82, 2.24) is 5.32 Å². The molecule has 20 heavy (non-hydrogen) atoms. The molecule has 2 saturated carbocycles. The molecule has 2 fully saturated rings. The van der Waals surface area contributed by atoms with Crippen LogP contribution >= 0.6 is 0 Å². The molecule has 0 radical (unpaired) electrons. The van der Waals surface area contributed by atoms with E-state index in [1.54, 1.807) is 5.56 Å². The lowest BCUT2D eigenvalue weighted by atomic mass is 9.74. The standard InChI is InChI=1S/C19H29N/c1-13-4-6-16(7-5-13)17-11-19(12-17)20-18-9-14(2)8-15(3)10-18/h4-7,14-15,17-20H,8-12H2,1-3H3. The summed E-state index contributed by atoms with van der Waals surface area (Å²) in [4.78, 5) is 0. The van der Waals surface area contributed by atoms with Crippen molar-refractivity contribution < 1.29 is 0 Å². The fraction of sp³-hybridized carbons (Fsp3) is 0.684. The Morgan fingerprint density at radius 1 is 0.800 bits per heavy atom. The van der Waals surface area contributed by atoms with Gasteiger partial charge in [-0.3, -0.25) is 0 Å². The van der Waals surface area contributed by atoms with Crippen LogP contribution in [-0.4, -0.2) is 12.1 Å². The minimum Gasteiger partial charge on any atom is -0.311 e. The van der Waals surface area contributed by atoms with Gasteiger partial charge >= 0.3 is 0 Å². The van der Waals surface area contributed by atoms with E-state index in [0.29, 0.717) is 0 Å². The van der Waals surface area contributed by atoms with Crippen LogP contribution in [0.25, 0.3) is 0 Å². The fourth-order valence-electron chi connectivity index (χ4n) is 4.28. The van der Waals surface area contributed by atoms with Gasteiger partial charge in [-0.15, -0.1) is 0 Å². The third-order valence-corrected chi connectivity index (χ3v) is 5.34. The molecule has 0 bridgehead atoms. The first kappa shape index (κ1) is 14.1. The van der Waals surface area contributed by atoms with Gasteiger partial charge in [0, 0.05) is 12.1 Å². The molecule has 2 aliphatic carbocycles. The minimum atomic E-state index is 0.767. The highest BCUT2D eigenvalue weighted by Crippen LogP contribution is 2.38. The average Bonchev–Trinajstić information content (AvgIpc) is 2.33. The second kappa shape index (κ2) is 5.89. The quantitative estimate of drug-likeness (QED) is 0.843. The van der Waals surface area contributed by atoms with Crippen LogP contribution in [0, 0.1) is 18.8 Å². The van der Waals surface area contributed by atoms with Gasteiger partial charge in [0.1, 0.15) is 0 Å². The topological polar surface area (TPSA) is 12.0 Å². The molecule has 2 atom stereocenters.